The predicted molar refractivity (Wildman–Crippen MR) is 46.9 cm³/mol. The maximum atomic E-state index is 11.6. The molecule has 2 aliphatic rings. The van der Waals surface area contributed by atoms with Crippen LogP contribution in [0.1, 0.15) is 19.8 Å². The van der Waals surface area contributed by atoms with Crippen LogP contribution in [0.4, 0.5) is 0 Å². The first kappa shape index (κ1) is 8.53. The van der Waals surface area contributed by atoms with Gasteiger partial charge in [-0.25, -0.2) is 0 Å². The largest absolute Gasteiger partial charge is 0.350 e. The van der Waals surface area contributed by atoms with Crippen molar-refractivity contribution in [2.45, 2.75) is 31.8 Å². The number of carbonyl (C=O) groups is 2. The van der Waals surface area contributed by atoms with E-state index in [2.05, 4.69) is 12.2 Å². The van der Waals surface area contributed by atoms with Gasteiger partial charge >= 0.3 is 0 Å². The topological polar surface area (TPSA) is 49.4 Å². The molecule has 0 bridgehead atoms. The van der Waals surface area contributed by atoms with Gasteiger partial charge in [-0.15, -0.1) is 0 Å². The first-order valence-electron chi connectivity index (χ1n) is 4.72. The summed E-state index contributed by atoms with van der Waals surface area (Å²) in [4.78, 5) is 23.5. The summed E-state index contributed by atoms with van der Waals surface area (Å²) in [6.45, 7) is 2.22. The van der Waals surface area contributed by atoms with Gasteiger partial charge in [0, 0.05) is 12.1 Å². The Morgan fingerprint density at radius 1 is 1.62 bits per heavy atom. The highest BCUT2D eigenvalue weighted by Gasteiger charge is 2.51. The molecule has 3 atom stereocenters. The van der Waals surface area contributed by atoms with E-state index >= 15 is 0 Å². The van der Waals surface area contributed by atoms with E-state index < -0.39 is 0 Å². The van der Waals surface area contributed by atoms with Gasteiger partial charge < -0.3 is 10.2 Å². The maximum Gasteiger partial charge on any atom is 0.242 e. The number of piperidine rings is 1. The zero-order chi connectivity index (χ0) is 9.42. The van der Waals surface area contributed by atoms with Crippen LogP contribution in [0.5, 0.6) is 0 Å². The van der Waals surface area contributed by atoms with Crippen LogP contribution in [0.25, 0.3) is 0 Å². The molecule has 2 fully saturated rings. The van der Waals surface area contributed by atoms with Crippen molar-refractivity contribution in [1.29, 1.82) is 0 Å². The van der Waals surface area contributed by atoms with Gasteiger partial charge in [-0.05, 0) is 25.7 Å². The van der Waals surface area contributed by atoms with Crippen molar-refractivity contribution in [3.05, 3.63) is 0 Å². The summed E-state index contributed by atoms with van der Waals surface area (Å²) in [5, 5.41) is 2.41. The van der Waals surface area contributed by atoms with Crippen molar-refractivity contribution in [3.63, 3.8) is 0 Å². The van der Waals surface area contributed by atoms with Crippen LogP contribution in [0.15, 0.2) is 0 Å². The number of amides is 2. The minimum atomic E-state index is 0.0598. The van der Waals surface area contributed by atoms with Crippen molar-refractivity contribution >= 4 is 12.3 Å². The molecule has 72 valence electrons. The van der Waals surface area contributed by atoms with Gasteiger partial charge in [0.15, 0.2) is 0 Å². The molecule has 4 nitrogen and oxygen atoms in total. The van der Waals surface area contributed by atoms with Crippen LogP contribution in [-0.2, 0) is 9.59 Å². The third-order valence-electron chi connectivity index (χ3n) is 2.99. The van der Waals surface area contributed by atoms with E-state index in [1.54, 1.807) is 0 Å². The number of rotatable bonds is 3. The molecule has 1 heterocycles. The number of nitrogens with zero attached hydrogens (tertiary/aromatic N) is 1. The monoisotopic (exact) mass is 182 g/mol. The first-order valence-corrected chi connectivity index (χ1v) is 4.72. The molecular formula is C9H14N2O2. The second-order valence-electron chi connectivity index (χ2n) is 3.95. The lowest BCUT2D eigenvalue weighted by Crippen LogP contribution is -2.41. The highest BCUT2D eigenvalue weighted by molar-refractivity contribution is 5.81. The average molecular weight is 182 g/mol. The number of hydrogen-bond acceptors (Lipinski definition) is 2. The van der Waals surface area contributed by atoms with E-state index in [4.69, 9.17) is 0 Å². The Morgan fingerprint density at radius 2 is 2.38 bits per heavy atom. The van der Waals surface area contributed by atoms with Crippen molar-refractivity contribution in [2.24, 2.45) is 5.92 Å². The highest BCUT2D eigenvalue weighted by Crippen LogP contribution is 2.47. The molecule has 2 amide bonds. The SMILES string of the molecule is CC1CC2CC2N1C(=O)CNC=O. The van der Waals surface area contributed by atoms with E-state index in [-0.39, 0.29) is 12.5 Å². The Kier molecular flexibility index (Phi) is 1.98. The van der Waals surface area contributed by atoms with E-state index in [0.29, 0.717) is 18.5 Å². The molecule has 0 radical (unpaired) electrons. The number of likely N-dealkylation sites (tertiary alicyclic amines) is 1. The molecule has 1 N–H and O–H groups in total. The van der Waals surface area contributed by atoms with E-state index in [0.717, 1.165) is 18.8 Å². The third kappa shape index (κ3) is 1.41. The van der Waals surface area contributed by atoms with Gasteiger partial charge in [0.1, 0.15) is 0 Å². The second kappa shape index (κ2) is 3.01. The van der Waals surface area contributed by atoms with Crippen molar-refractivity contribution < 1.29 is 9.59 Å². The van der Waals surface area contributed by atoms with Gasteiger partial charge in [0.2, 0.25) is 12.3 Å². The number of fused-ring (bicyclic) bond motifs is 1. The van der Waals surface area contributed by atoms with E-state index in [1.165, 1.54) is 0 Å². The summed E-state index contributed by atoms with van der Waals surface area (Å²) in [5.74, 6) is 0.805. The van der Waals surface area contributed by atoms with Crippen LogP contribution >= 0.6 is 0 Å². The van der Waals surface area contributed by atoms with E-state index in [9.17, 15) is 9.59 Å². The molecule has 1 saturated carbocycles. The zero-order valence-electron chi connectivity index (χ0n) is 7.69. The Labute approximate surface area is 77.3 Å². The molecule has 0 aromatic heterocycles. The molecule has 4 heteroatoms. The Hall–Kier alpha value is -1.06. The quantitative estimate of drug-likeness (QED) is 0.611. The standard InChI is InChI=1S/C9H14N2O2/c1-6-2-7-3-8(7)11(6)9(13)4-10-5-12/h5-8H,2-4H2,1H3,(H,10,12). The fourth-order valence-electron chi connectivity index (χ4n) is 2.36. The molecule has 2 rings (SSSR count). The fourth-order valence-corrected chi connectivity index (χ4v) is 2.36. The summed E-state index contributed by atoms with van der Waals surface area (Å²) in [5.41, 5.74) is 0. The van der Waals surface area contributed by atoms with Gasteiger partial charge in [-0.3, -0.25) is 9.59 Å². The van der Waals surface area contributed by atoms with Crippen molar-refractivity contribution in [1.82, 2.24) is 10.2 Å². The smallest absolute Gasteiger partial charge is 0.242 e. The highest BCUT2D eigenvalue weighted by atomic mass is 16.2. The molecule has 13 heavy (non-hydrogen) atoms. The molecular weight excluding hydrogens is 168 g/mol. The van der Waals surface area contributed by atoms with Gasteiger partial charge in [-0.2, -0.15) is 0 Å². The molecule has 1 aliphatic carbocycles. The summed E-state index contributed by atoms with van der Waals surface area (Å²) in [6.07, 6.45) is 2.87. The van der Waals surface area contributed by atoms with Crippen LogP contribution in [0.2, 0.25) is 0 Å². The lowest BCUT2D eigenvalue weighted by molar-refractivity contribution is -0.132. The average Bonchev–Trinajstić information content (AvgIpc) is 2.74. The number of hydrogen-bond donors (Lipinski definition) is 1. The second-order valence-corrected chi connectivity index (χ2v) is 3.95. The minimum Gasteiger partial charge on any atom is -0.350 e. The Balaban J connectivity index is 1.91. The fraction of sp³-hybridized carbons (Fsp3) is 0.778. The van der Waals surface area contributed by atoms with Gasteiger partial charge in [0.05, 0.1) is 6.54 Å². The summed E-state index contributed by atoms with van der Waals surface area (Å²) >= 11 is 0. The van der Waals surface area contributed by atoms with Gasteiger partial charge in [0.25, 0.3) is 0 Å². The molecule has 1 aliphatic heterocycles. The van der Waals surface area contributed by atoms with Crippen LogP contribution < -0.4 is 5.32 Å². The first-order chi connectivity index (χ1) is 6.24. The zero-order valence-corrected chi connectivity index (χ0v) is 7.69. The van der Waals surface area contributed by atoms with Gasteiger partial charge in [-0.1, -0.05) is 0 Å². The number of nitrogens with one attached hydrogen (secondary N) is 1. The molecule has 3 unspecified atom stereocenters. The molecule has 1 saturated heterocycles. The minimum absolute atomic E-state index is 0.0598. The Bertz CT molecular complexity index is 240. The third-order valence-corrected chi connectivity index (χ3v) is 2.99. The van der Waals surface area contributed by atoms with Crippen molar-refractivity contribution in [2.75, 3.05) is 6.54 Å². The van der Waals surface area contributed by atoms with Crippen LogP contribution in [0, 0.1) is 5.92 Å². The molecule has 0 aromatic rings. The molecule has 0 spiro atoms. The number of carbonyl (C=O) groups excluding carboxylic acids is 2. The van der Waals surface area contributed by atoms with Crippen LogP contribution in [0.3, 0.4) is 0 Å². The summed E-state index contributed by atoms with van der Waals surface area (Å²) in [6, 6.07) is 0.848. The van der Waals surface area contributed by atoms with Crippen LogP contribution in [-0.4, -0.2) is 35.8 Å². The van der Waals surface area contributed by atoms with Crippen molar-refractivity contribution in [3.8, 4) is 0 Å². The maximum absolute atomic E-state index is 11.6. The lowest BCUT2D eigenvalue weighted by Gasteiger charge is -2.24. The Morgan fingerprint density at radius 3 is 2.92 bits per heavy atom. The normalized spacial score (nSPS) is 35.5. The summed E-state index contributed by atoms with van der Waals surface area (Å²) in [7, 11) is 0. The summed E-state index contributed by atoms with van der Waals surface area (Å²) < 4.78 is 0. The predicted octanol–water partition coefficient (Wildman–Crippen LogP) is -0.258. The van der Waals surface area contributed by atoms with E-state index in [1.807, 2.05) is 4.90 Å². The lowest BCUT2D eigenvalue weighted by atomic mass is 10.2. The molecule has 0 aromatic carbocycles.